The summed E-state index contributed by atoms with van der Waals surface area (Å²) in [7, 11) is 1.32. The van der Waals surface area contributed by atoms with E-state index in [0.717, 1.165) is 28.2 Å². The second-order valence-electron chi connectivity index (χ2n) is 8.08. The van der Waals surface area contributed by atoms with Crippen molar-refractivity contribution in [3.8, 4) is 5.69 Å². The first-order chi connectivity index (χ1) is 15.7. The number of esters is 1. The molecule has 1 aliphatic heterocycles. The van der Waals surface area contributed by atoms with Crippen molar-refractivity contribution in [1.29, 1.82) is 0 Å². The molecule has 2 aromatic carbocycles. The molecule has 0 radical (unpaired) electrons. The fraction of sp³-hybridized carbons (Fsp3) is 0.185. The molecule has 0 bridgehead atoms. The fourth-order valence-corrected chi connectivity index (χ4v) is 4.52. The van der Waals surface area contributed by atoms with Crippen LogP contribution < -0.4 is 4.90 Å². The van der Waals surface area contributed by atoms with E-state index < -0.39 is 5.97 Å². The van der Waals surface area contributed by atoms with Crippen LogP contribution in [0.25, 0.3) is 11.8 Å². The van der Waals surface area contributed by atoms with E-state index >= 15 is 0 Å². The normalized spacial score (nSPS) is 15.0. The second-order valence-corrected chi connectivity index (χ2v) is 8.52. The average molecular weight is 461 g/mol. The predicted molar refractivity (Wildman–Crippen MR) is 132 cm³/mol. The number of carbonyl (C=O) groups is 2. The largest absolute Gasteiger partial charge is 0.465 e. The van der Waals surface area contributed by atoms with Crippen LogP contribution in [-0.2, 0) is 14.3 Å². The Balaban J connectivity index is 1.87. The summed E-state index contributed by atoms with van der Waals surface area (Å²) in [5.41, 5.74) is 6.67. The van der Waals surface area contributed by atoms with Gasteiger partial charge in [0.15, 0.2) is 0 Å². The Bertz CT molecular complexity index is 1330. The van der Waals surface area contributed by atoms with Gasteiger partial charge >= 0.3 is 5.97 Å². The van der Waals surface area contributed by atoms with Crippen molar-refractivity contribution >= 4 is 35.2 Å². The van der Waals surface area contributed by atoms with Crippen LogP contribution in [0.3, 0.4) is 0 Å². The van der Waals surface area contributed by atoms with Gasteiger partial charge in [0, 0.05) is 33.5 Å². The average Bonchev–Trinajstić information content (AvgIpc) is 3.21. The number of ether oxygens (including phenoxy) is 1. The summed E-state index contributed by atoms with van der Waals surface area (Å²) in [6.07, 6.45) is 1.78. The second kappa shape index (κ2) is 8.75. The maximum absolute atomic E-state index is 13.5. The fourth-order valence-electron chi connectivity index (χ4n) is 4.35. The van der Waals surface area contributed by atoms with E-state index in [1.54, 1.807) is 17.9 Å². The monoisotopic (exact) mass is 460 g/mol. The van der Waals surface area contributed by atoms with Crippen molar-refractivity contribution in [2.45, 2.75) is 27.7 Å². The molecule has 1 aromatic heterocycles. The third kappa shape index (κ3) is 3.89. The standard InChI is InChI=1S/C27H25ClN2O3/c1-16-11-12-21(28)15-24(16)29-17(2)13-20(18(29)3)14-23-25(27(32)33-5)19(4)30(26(23)31)22-9-7-6-8-10-22/h6-15H,1-5H3/b23-14-. The molecular weight excluding hydrogens is 436 g/mol. The highest BCUT2D eigenvalue weighted by molar-refractivity contribution is 6.30. The lowest BCUT2D eigenvalue weighted by Crippen LogP contribution is -2.24. The minimum Gasteiger partial charge on any atom is -0.465 e. The molecule has 0 saturated heterocycles. The number of anilines is 1. The third-order valence-electron chi connectivity index (χ3n) is 5.99. The van der Waals surface area contributed by atoms with Crippen LogP contribution >= 0.6 is 11.6 Å². The summed E-state index contributed by atoms with van der Waals surface area (Å²) < 4.78 is 7.13. The topological polar surface area (TPSA) is 51.5 Å². The summed E-state index contributed by atoms with van der Waals surface area (Å²) in [5, 5.41) is 0.652. The highest BCUT2D eigenvalue weighted by Crippen LogP contribution is 2.36. The van der Waals surface area contributed by atoms with E-state index in [1.807, 2.05) is 75.4 Å². The summed E-state index contributed by atoms with van der Waals surface area (Å²) >= 11 is 6.26. The van der Waals surface area contributed by atoms with Gasteiger partial charge in [0.25, 0.3) is 5.91 Å². The van der Waals surface area contributed by atoms with Crippen LogP contribution in [0.15, 0.2) is 71.4 Å². The lowest BCUT2D eigenvalue weighted by atomic mass is 10.0. The number of carbonyl (C=O) groups excluding carboxylic acids is 2. The Kier molecular flexibility index (Phi) is 6.00. The number of benzene rings is 2. The molecule has 0 fully saturated rings. The minimum atomic E-state index is -0.537. The zero-order valence-corrected chi connectivity index (χ0v) is 20.0. The van der Waals surface area contributed by atoms with E-state index in [-0.39, 0.29) is 11.5 Å². The molecule has 5 nitrogen and oxygen atoms in total. The van der Waals surface area contributed by atoms with Crippen LogP contribution in [0.2, 0.25) is 5.02 Å². The number of amides is 1. The van der Waals surface area contributed by atoms with Crippen LogP contribution in [-0.4, -0.2) is 23.6 Å². The van der Waals surface area contributed by atoms with E-state index in [0.29, 0.717) is 22.0 Å². The van der Waals surface area contributed by atoms with E-state index in [4.69, 9.17) is 16.3 Å². The number of methoxy groups -OCH3 is 1. The molecule has 6 heteroatoms. The number of halogens is 1. The lowest BCUT2D eigenvalue weighted by Gasteiger charge is -2.17. The van der Waals surface area contributed by atoms with Gasteiger partial charge in [0.1, 0.15) is 0 Å². The van der Waals surface area contributed by atoms with Gasteiger partial charge in [-0.1, -0.05) is 35.9 Å². The Hall–Kier alpha value is -3.57. The van der Waals surface area contributed by atoms with Gasteiger partial charge in [0.05, 0.1) is 18.3 Å². The van der Waals surface area contributed by atoms with Gasteiger partial charge in [-0.25, -0.2) is 4.79 Å². The van der Waals surface area contributed by atoms with Crippen LogP contribution in [0, 0.1) is 20.8 Å². The molecule has 168 valence electrons. The van der Waals surface area contributed by atoms with Crippen LogP contribution in [0.5, 0.6) is 0 Å². The van der Waals surface area contributed by atoms with Crippen molar-refractivity contribution in [3.63, 3.8) is 0 Å². The van der Waals surface area contributed by atoms with E-state index in [2.05, 4.69) is 4.57 Å². The van der Waals surface area contributed by atoms with Crippen molar-refractivity contribution in [1.82, 2.24) is 4.57 Å². The van der Waals surface area contributed by atoms with Crippen LogP contribution in [0.4, 0.5) is 5.69 Å². The van der Waals surface area contributed by atoms with E-state index in [9.17, 15) is 9.59 Å². The number of hydrogen-bond acceptors (Lipinski definition) is 3. The molecule has 0 saturated carbocycles. The first-order valence-corrected chi connectivity index (χ1v) is 11.0. The van der Waals surface area contributed by atoms with Gasteiger partial charge in [-0.3, -0.25) is 9.69 Å². The van der Waals surface area contributed by atoms with Gasteiger partial charge in [-0.05, 0) is 75.2 Å². The van der Waals surface area contributed by atoms with Crippen molar-refractivity contribution in [2.75, 3.05) is 12.0 Å². The molecule has 0 unspecified atom stereocenters. The van der Waals surface area contributed by atoms with E-state index in [1.165, 1.54) is 7.11 Å². The number of aromatic nitrogens is 1. The Morgan fingerprint density at radius 3 is 2.36 bits per heavy atom. The highest BCUT2D eigenvalue weighted by atomic mass is 35.5. The maximum atomic E-state index is 13.5. The number of nitrogens with zero attached hydrogens (tertiary/aromatic N) is 2. The molecule has 2 heterocycles. The summed E-state index contributed by atoms with van der Waals surface area (Å²) in [6.45, 7) is 7.78. The smallest absolute Gasteiger partial charge is 0.340 e. The quantitative estimate of drug-likeness (QED) is 0.358. The SMILES string of the molecule is COC(=O)C1=C(C)N(c2ccccc2)C(=O)/C1=C\c1cc(C)n(-c2cc(Cl)ccc2C)c1C. The molecule has 4 rings (SSSR count). The Morgan fingerprint density at radius 2 is 1.70 bits per heavy atom. The first kappa shape index (κ1) is 22.6. The zero-order valence-electron chi connectivity index (χ0n) is 19.3. The van der Waals surface area contributed by atoms with Gasteiger partial charge < -0.3 is 9.30 Å². The highest BCUT2D eigenvalue weighted by Gasteiger charge is 2.38. The summed E-state index contributed by atoms with van der Waals surface area (Å²) in [4.78, 5) is 27.7. The van der Waals surface area contributed by atoms with Crippen molar-refractivity contribution < 1.29 is 14.3 Å². The lowest BCUT2D eigenvalue weighted by molar-refractivity contribution is -0.136. The molecule has 0 aliphatic carbocycles. The number of para-hydroxylation sites is 1. The molecule has 0 N–H and O–H groups in total. The number of aryl methyl sites for hydroxylation is 2. The molecule has 0 spiro atoms. The summed E-state index contributed by atoms with van der Waals surface area (Å²) in [6, 6.07) is 17.1. The van der Waals surface area contributed by atoms with Gasteiger partial charge in [0.2, 0.25) is 0 Å². The van der Waals surface area contributed by atoms with Crippen LogP contribution in [0.1, 0.15) is 29.4 Å². The van der Waals surface area contributed by atoms with Crippen molar-refractivity contribution in [3.05, 3.63) is 99.0 Å². The first-order valence-electron chi connectivity index (χ1n) is 10.6. The zero-order chi connectivity index (χ0) is 23.9. The Morgan fingerprint density at radius 1 is 1.00 bits per heavy atom. The van der Waals surface area contributed by atoms with Gasteiger partial charge in [-0.15, -0.1) is 0 Å². The number of hydrogen-bond donors (Lipinski definition) is 0. The molecule has 3 aromatic rings. The molecular formula is C27H25ClN2O3. The molecule has 0 atom stereocenters. The summed E-state index contributed by atoms with van der Waals surface area (Å²) in [5.74, 6) is -0.798. The number of rotatable bonds is 4. The molecule has 1 aliphatic rings. The predicted octanol–water partition coefficient (Wildman–Crippen LogP) is 5.93. The Labute approximate surface area is 198 Å². The van der Waals surface area contributed by atoms with Crippen molar-refractivity contribution in [2.24, 2.45) is 0 Å². The minimum absolute atomic E-state index is 0.261. The third-order valence-corrected chi connectivity index (χ3v) is 6.22. The van der Waals surface area contributed by atoms with Gasteiger partial charge in [-0.2, -0.15) is 0 Å². The molecule has 1 amide bonds. The molecule has 33 heavy (non-hydrogen) atoms. The maximum Gasteiger partial charge on any atom is 0.340 e. The number of allylic oxidation sites excluding steroid dienone is 1.